The summed E-state index contributed by atoms with van der Waals surface area (Å²) >= 11 is 0. The fraction of sp³-hybridized carbons (Fsp3) is 0.686. The summed E-state index contributed by atoms with van der Waals surface area (Å²) in [6, 6.07) is 0. The van der Waals surface area contributed by atoms with Gasteiger partial charge in [0.1, 0.15) is 19.8 Å². The summed E-state index contributed by atoms with van der Waals surface area (Å²) in [5.74, 6) is -0.851. The van der Waals surface area contributed by atoms with Crippen LogP contribution in [-0.4, -0.2) is 70.0 Å². The van der Waals surface area contributed by atoms with Crippen molar-refractivity contribution in [2.75, 3.05) is 47.5 Å². The van der Waals surface area contributed by atoms with Gasteiger partial charge in [0.15, 0.2) is 6.10 Å². The zero-order valence-corrected chi connectivity index (χ0v) is 52.9. The fourth-order valence-electron chi connectivity index (χ4n) is 8.53. The number of allylic oxidation sites excluding steroid dienone is 20. The van der Waals surface area contributed by atoms with Crippen molar-refractivity contribution < 1.29 is 42.1 Å². The molecule has 0 radical (unpaired) electrons. The van der Waals surface area contributed by atoms with Gasteiger partial charge in [-0.3, -0.25) is 14.2 Å². The second kappa shape index (κ2) is 60.0. The second-order valence-electron chi connectivity index (χ2n) is 22.4. The number of rotatable bonds is 58. The predicted octanol–water partition coefficient (Wildman–Crippen LogP) is 20.1. The van der Waals surface area contributed by atoms with Gasteiger partial charge in [-0.05, 0) is 109 Å². The third kappa shape index (κ3) is 63.6. The number of likely N-dealkylation sites (N-methyl/N-ethyl adjacent to an activating group) is 1. The average molecular weight is 1130 g/mol. The van der Waals surface area contributed by atoms with Gasteiger partial charge in [0.25, 0.3) is 7.82 Å². The molecule has 0 spiro atoms. The van der Waals surface area contributed by atoms with E-state index in [1.54, 1.807) is 0 Å². The van der Waals surface area contributed by atoms with Gasteiger partial charge in [-0.2, -0.15) is 0 Å². The van der Waals surface area contributed by atoms with Crippen LogP contribution in [0.5, 0.6) is 0 Å². The maximum atomic E-state index is 12.8. The Morgan fingerprint density at radius 2 is 0.713 bits per heavy atom. The van der Waals surface area contributed by atoms with Crippen molar-refractivity contribution in [2.45, 2.75) is 264 Å². The summed E-state index contributed by atoms with van der Waals surface area (Å²) in [5, 5.41) is 0. The third-order valence-corrected chi connectivity index (χ3v) is 14.4. The van der Waals surface area contributed by atoms with Crippen molar-refractivity contribution in [2.24, 2.45) is 0 Å². The van der Waals surface area contributed by atoms with E-state index in [1.165, 1.54) is 103 Å². The molecular weight excluding hydrogens is 1010 g/mol. The number of phosphoric acid groups is 1. The number of quaternary nitrogens is 1. The minimum atomic E-state index is -4.65. The lowest BCUT2D eigenvalue weighted by molar-refractivity contribution is -0.870. The first-order chi connectivity index (χ1) is 39.0. The summed E-state index contributed by atoms with van der Waals surface area (Å²) in [5.41, 5.74) is 0. The molecule has 0 aliphatic heterocycles. The molecule has 0 heterocycles. The van der Waals surface area contributed by atoms with Crippen molar-refractivity contribution in [1.82, 2.24) is 0 Å². The number of unbranched alkanes of at least 4 members (excludes halogenated alkanes) is 24. The number of hydrogen-bond acceptors (Lipinski definition) is 8. The number of carbonyl (C=O) groups is 2. The van der Waals surface area contributed by atoms with Crippen LogP contribution in [0.3, 0.4) is 0 Å². The normalized spacial score (nSPS) is 14.0. The number of ether oxygens (including phenoxy) is 2. The van der Waals surface area contributed by atoms with Crippen LogP contribution in [-0.2, 0) is 32.7 Å². The van der Waals surface area contributed by atoms with Gasteiger partial charge in [0.05, 0.1) is 27.7 Å². The lowest BCUT2D eigenvalue weighted by Crippen LogP contribution is -2.37. The Bertz CT molecular complexity index is 1760. The van der Waals surface area contributed by atoms with Crippen molar-refractivity contribution in [3.8, 4) is 0 Å². The first-order valence-corrected chi connectivity index (χ1v) is 33.7. The largest absolute Gasteiger partial charge is 0.756 e. The van der Waals surface area contributed by atoms with Crippen LogP contribution in [0.4, 0.5) is 0 Å². The molecule has 9 nitrogen and oxygen atoms in total. The smallest absolute Gasteiger partial charge is 0.306 e. The van der Waals surface area contributed by atoms with E-state index < -0.39 is 32.5 Å². The van der Waals surface area contributed by atoms with Crippen LogP contribution in [0.25, 0.3) is 0 Å². The van der Waals surface area contributed by atoms with Crippen LogP contribution in [0.2, 0.25) is 0 Å². The summed E-state index contributed by atoms with van der Waals surface area (Å²) in [4.78, 5) is 38.0. The minimum Gasteiger partial charge on any atom is -0.756 e. The average Bonchev–Trinajstić information content (AvgIpc) is 3.42. The van der Waals surface area contributed by atoms with Crippen LogP contribution in [0.1, 0.15) is 258 Å². The van der Waals surface area contributed by atoms with E-state index in [1.807, 2.05) is 21.1 Å². The molecule has 80 heavy (non-hydrogen) atoms. The zero-order chi connectivity index (χ0) is 58.4. The van der Waals surface area contributed by atoms with Crippen LogP contribution in [0.15, 0.2) is 122 Å². The van der Waals surface area contributed by atoms with E-state index >= 15 is 0 Å². The molecule has 0 N–H and O–H groups in total. The lowest BCUT2D eigenvalue weighted by atomic mass is 10.0. The molecule has 0 aliphatic rings. The molecule has 10 heteroatoms. The maximum Gasteiger partial charge on any atom is 0.306 e. The SMILES string of the molecule is CC/C=C\C/C=C\C/C=C\C/C=C\C/C=C\C/C=C\C/C=C\CCCCCCCCCCCCCCCC(=O)OC(COC(=O)CCCCCCCC/C=C\C/C=C\C/C=C\CCCCCCC)COP(=O)([O-])OCC[N+](C)(C)C. The number of carbonyl (C=O) groups excluding carboxylic acids is 2. The number of nitrogens with zero attached hydrogens (tertiary/aromatic N) is 1. The first-order valence-electron chi connectivity index (χ1n) is 32.2. The first kappa shape index (κ1) is 76.4. The number of phosphoric ester groups is 1. The van der Waals surface area contributed by atoms with Crippen LogP contribution >= 0.6 is 7.82 Å². The molecule has 458 valence electrons. The van der Waals surface area contributed by atoms with Gasteiger partial charge >= 0.3 is 11.9 Å². The highest BCUT2D eigenvalue weighted by molar-refractivity contribution is 7.45. The van der Waals surface area contributed by atoms with E-state index in [2.05, 4.69) is 135 Å². The molecule has 2 atom stereocenters. The molecule has 0 aromatic rings. The molecule has 0 aliphatic carbocycles. The summed E-state index contributed by atoms with van der Waals surface area (Å²) < 4.78 is 34.2. The van der Waals surface area contributed by atoms with Crippen molar-refractivity contribution in [3.05, 3.63) is 122 Å². The summed E-state index contributed by atoms with van der Waals surface area (Å²) in [6.07, 6.45) is 85.4. The maximum absolute atomic E-state index is 12.8. The Morgan fingerprint density at radius 1 is 0.400 bits per heavy atom. The van der Waals surface area contributed by atoms with E-state index in [0.717, 1.165) is 116 Å². The molecular formula is C70H120NO8P. The topological polar surface area (TPSA) is 111 Å². The number of hydrogen-bond donors (Lipinski definition) is 0. The van der Waals surface area contributed by atoms with Gasteiger partial charge in [0, 0.05) is 12.8 Å². The van der Waals surface area contributed by atoms with Crippen molar-refractivity contribution in [3.63, 3.8) is 0 Å². The lowest BCUT2D eigenvalue weighted by Gasteiger charge is -2.28. The zero-order valence-electron chi connectivity index (χ0n) is 52.0. The molecule has 0 amide bonds. The Labute approximate surface area is 492 Å². The van der Waals surface area contributed by atoms with E-state index in [4.69, 9.17) is 18.5 Å². The Kier molecular flexibility index (Phi) is 57.3. The standard InChI is InChI=1S/C70H120NO8P/c1-6-8-10-12-14-16-18-20-22-24-26-28-29-30-31-32-33-34-35-36-37-38-39-40-41-43-45-47-49-51-53-55-57-59-61-63-70(73)79-68(67-78-80(74,75)77-65-64-71(3,4)5)66-76-69(72)62-60-58-56-54-52-50-48-46-44-42-27-25-23-21-19-17-15-13-11-9-7-2/h8,10,14,16,19-22,25-28,30-31,33-34,36-37,44,46,68H,6-7,9,11-13,15,17-18,23-24,29,32,35,38-43,45,47-67H2,1-5H3/b10-8-,16-14-,21-19-,22-20-,27-25-,28-26-,31-30-,34-33-,37-36-,46-44-. The molecule has 0 aromatic heterocycles. The highest BCUT2D eigenvalue weighted by Crippen LogP contribution is 2.38. The van der Waals surface area contributed by atoms with Crippen molar-refractivity contribution in [1.29, 1.82) is 0 Å². The minimum absolute atomic E-state index is 0.0385. The highest BCUT2D eigenvalue weighted by atomic mass is 31.2. The van der Waals surface area contributed by atoms with Crippen molar-refractivity contribution >= 4 is 19.8 Å². The van der Waals surface area contributed by atoms with E-state index in [9.17, 15) is 19.0 Å². The summed E-state index contributed by atoms with van der Waals surface area (Å²) in [7, 11) is 1.15. The number of esters is 2. The van der Waals surface area contributed by atoms with E-state index in [0.29, 0.717) is 23.9 Å². The third-order valence-electron chi connectivity index (χ3n) is 13.5. The predicted molar refractivity (Wildman–Crippen MR) is 341 cm³/mol. The van der Waals surface area contributed by atoms with Crippen LogP contribution in [0, 0.1) is 0 Å². The Morgan fingerprint density at radius 3 is 1.06 bits per heavy atom. The van der Waals surface area contributed by atoms with Gasteiger partial charge in [-0.1, -0.05) is 257 Å². The Hall–Kier alpha value is -3.59. The summed E-state index contributed by atoms with van der Waals surface area (Å²) in [6.45, 7) is 4.10. The highest BCUT2D eigenvalue weighted by Gasteiger charge is 2.22. The molecule has 0 aromatic carbocycles. The molecule has 0 fully saturated rings. The second-order valence-corrected chi connectivity index (χ2v) is 23.8. The van der Waals surface area contributed by atoms with E-state index in [-0.39, 0.29) is 26.1 Å². The fourth-order valence-corrected chi connectivity index (χ4v) is 9.25. The molecule has 0 saturated carbocycles. The molecule has 2 unspecified atom stereocenters. The quantitative estimate of drug-likeness (QED) is 0.0195. The van der Waals surface area contributed by atoms with Crippen LogP contribution < -0.4 is 4.89 Å². The van der Waals surface area contributed by atoms with Gasteiger partial charge in [0.2, 0.25) is 0 Å². The Balaban J connectivity index is 4.12. The monoisotopic (exact) mass is 1130 g/mol. The van der Waals surface area contributed by atoms with Gasteiger partial charge < -0.3 is 27.9 Å². The van der Waals surface area contributed by atoms with Gasteiger partial charge in [-0.15, -0.1) is 0 Å². The van der Waals surface area contributed by atoms with Gasteiger partial charge in [-0.25, -0.2) is 0 Å². The molecule has 0 saturated heterocycles. The molecule has 0 rings (SSSR count). The molecule has 0 bridgehead atoms.